The number of hydrogen-bond acceptors (Lipinski definition) is 1. The number of rotatable bonds is 22. The molecule has 2 N–H and O–H groups in total. The topological polar surface area (TPSA) is 26.0 Å². The molecule has 30 heavy (non-hydrogen) atoms. The van der Waals surface area contributed by atoms with Crippen molar-refractivity contribution < 1.29 is 0 Å². The van der Waals surface area contributed by atoms with Crippen molar-refractivity contribution >= 4 is 0 Å². The molecule has 1 aromatic rings. The summed E-state index contributed by atoms with van der Waals surface area (Å²) in [6.45, 7) is 2.95. The summed E-state index contributed by atoms with van der Waals surface area (Å²) in [4.78, 5) is 0. The largest absolute Gasteiger partial charge is 0.326 e. The molecule has 0 heterocycles. The Hall–Kier alpha value is -0.820. The lowest BCUT2D eigenvalue weighted by molar-refractivity contribution is 0.522. The molecule has 0 spiro atoms. The Balaban J connectivity index is 1.71. The summed E-state index contributed by atoms with van der Waals surface area (Å²) in [5.41, 5.74) is 8.36. The van der Waals surface area contributed by atoms with Gasteiger partial charge in [0.15, 0.2) is 0 Å². The van der Waals surface area contributed by atoms with Gasteiger partial charge in [0.05, 0.1) is 0 Å². The molecule has 0 fully saturated rings. The Morgan fingerprint density at radius 3 is 1.07 bits per heavy atom. The van der Waals surface area contributed by atoms with Crippen LogP contribution in [-0.2, 0) is 13.0 Å². The summed E-state index contributed by atoms with van der Waals surface area (Å²) < 4.78 is 0. The van der Waals surface area contributed by atoms with Crippen molar-refractivity contribution in [2.24, 2.45) is 5.73 Å². The van der Waals surface area contributed by atoms with E-state index >= 15 is 0 Å². The summed E-state index contributed by atoms with van der Waals surface area (Å²) in [5.74, 6) is 0. The zero-order chi connectivity index (χ0) is 21.5. The smallest absolute Gasteiger partial charge is 0.0178 e. The average molecular weight is 416 g/mol. The standard InChI is InChI=1S/C29H53N/c1-2-3-4-5-6-7-8-9-10-11-12-13-14-15-16-17-18-19-20-21-22-28-23-25-29(27-30)26-24-28/h23-26H,2-22,27,30H2,1H3. The van der Waals surface area contributed by atoms with Crippen LogP contribution in [0.4, 0.5) is 0 Å². The van der Waals surface area contributed by atoms with E-state index in [-0.39, 0.29) is 0 Å². The molecule has 0 aliphatic rings. The highest BCUT2D eigenvalue weighted by Gasteiger charge is 1.97. The number of benzene rings is 1. The van der Waals surface area contributed by atoms with Crippen LogP contribution in [0, 0.1) is 0 Å². The fourth-order valence-corrected chi connectivity index (χ4v) is 4.43. The molecule has 0 aromatic heterocycles. The predicted molar refractivity (Wildman–Crippen MR) is 136 cm³/mol. The van der Waals surface area contributed by atoms with Gasteiger partial charge in [-0.15, -0.1) is 0 Å². The predicted octanol–water partition coefficient (Wildman–Crippen LogP) is 9.51. The second kappa shape index (κ2) is 21.4. The van der Waals surface area contributed by atoms with Gasteiger partial charge >= 0.3 is 0 Å². The summed E-state index contributed by atoms with van der Waals surface area (Å²) in [5, 5.41) is 0. The zero-order valence-corrected chi connectivity index (χ0v) is 20.4. The zero-order valence-electron chi connectivity index (χ0n) is 20.4. The molecule has 0 saturated carbocycles. The van der Waals surface area contributed by atoms with E-state index in [9.17, 15) is 0 Å². The highest BCUT2D eigenvalue weighted by Crippen LogP contribution is 2.15. The summed E-state index contributed by atoms with van der Waals surface area (Å²) in [6.07, 6.45) is 30.2. The van der Waals surface area contributed by atoms with E-state index in [0.717, 1.165) is 0 Å². The second-order valence-electron chi connectivity index (χ2n) is 9.49. The van der Waals surface area contributed by atoms with Crippen LogP contribution in [-0.4, -0.2) is 0 Å². The minimum Gasteiger partial charge on any atom is -0.326 e. The van der Waals surface area contributed by atoms with Crippen LogP contribution in [0.15, 0.2) is 24.3 Å². The summed E-state index contributed by atoms with van der Waals surface area (Å²) >= 11 is 0. The molecule has 174 valence electrons. The van der Waals surface area contributed by atoms with Gasteiger partial charge in [0.2, 0.25) is 0 Å². The first-order chi connectivity index (χ1) is 14.9. The Kier molecular flexibility index (Phi) is 19.4. The summed E-state index contributed by atoms with van der Waals surface area (Å²) in [7, 11) is 0. The summed E-state index contributed by atoms with van der Waals surface area (Å²) in [6, 6.07) is 8.84. The van der Waals surface area contributed by atoms with Crippen LogP contribution in [0.5, 0.6) is 0 Å². The molecule has 0 saturated heterocycles. The second-order valence-corrected chi connectivity index (χ2v) is 9.49. The Morgan fingerprint density at radius 1 is 0.433 bits per heavy atom. The van der Waals surface area contributed by atoms with Gasteiger partial charge < -0.3 is 5.73 Å². The van der Waals surface area contributed by atoms with Gasteiger partial charge in [0, 0.05) is 6.54 Å². The molecular weight excluding hydrogens is 362 g/mol. The van der Waals surface area contributed by atoms with Crippen molar-refractivity contribution in [3.8, 4) is 0 Å². The molecule has 0 aliphatic carbocycles. The Morgan fingerprint density at radius 2 is 0.733 bits per heavy atom. The highest BCUT2D eigenvalue weighted by molar-refractivity contribution is 5.22. The van der Waals surface area contributed by atoms with E-state index in [0.29, 0.717) is 6.54 Å². The van der Waals surface area contributed by atoms with Gasteiger partial charge in [-0.1, -0.05) is 153 Å². The normalized spacial score (nSPS) is 11.3. The third-order valence-electron chi connectivity index (χ3n) is 6.58. The number of hydrogen-bond donors (Lipinski definition) is 1. The van der Waals surface area contributed by atoms with Gasteiger partial charge in [-0.05, 0) is 24.0 Å². The lowest BCUT2D eigenvalue weighted by Gasteiger charge is -2.05. The molecule has 1 heteroatoms. The number of unbranched alkanes of at least 4 members (excludes halogenated alkanes) is 19. The van der Waals surface area contributed by atoms with Crippen LogP contribution in [0.25, 0.3) is 0 Å². The monoisotopic (exact) mass is 415 g/mol. The van der Waals surface area contributed by atoms with Crippen LogP contribution < -0.4 is 5.73 Å². The lowest BCUT2D eigenvalue weighted by Crippen LogP contribution is -1.96. The van der Waals surface area contributed by atoms with Gasteiger partial charge in [0.1, 0.15) is 0 Å². The number of aryl methyl sites for hydroxylation is 1. The molecule has 1 aromatic carbocycles. The van der Waals surface area contributed by atoms with Gasteiger partial charge in [0.25, 0.3) is 0 Å². The lowest BCUT2D eigenvalue weighted by atomic mass is 10.0. The van der Waals surface area contributed by atoms with E-state index in [1.165, 1.54) is 146 Å². The van der Waals surface area contributed by atoms with E-state index in [2.05, 4.69) is 31.2 Å². The maximum atomic E-state index is 5.65. The van der Waals surface area contributed by atoms with Crippen LogP contribution >= 0.6 is 0 Å². The maximum Gasteiger partial charge on any atom is 0.0178 e. The van der Waals surface area contributed by atoms with Crippen molar-refractivity contribution in [2.75, 3.05) is 0 Å². The quantitative estimate of drug-likeness (QED) is 0.187. The average Bonchev–Trinajstić information content (AvgIpc) is 2.78. The van der Waals surface area contributed by atoms with Crippen molar-refractivity contribution in [3.05, 3.63) is 35.4 Å². The third kappa shape index (κ3) is 16.9. The van der Waals surface area contributed by atoms with Crippen LogP contribution in [0.2, 0.25) is 0 Å². The molecule has 0 amide bonds. The van der Waals surface area contributed by atoms with E-state index in [1.54, 1.807) is 0 Å². The van der Waals surface area contributed by atoms with Crippen molar-refractivity contribution in [3.63, 3.8) is 0 Å². The fraction of sp³-hybridized carbons (Fsp3) is 0.793. The van der Waals surface area contributed by atoms with Crippen molar-refractivity contribution in [1.29, 1.82) is 0 Å². The molecule has 0 atom stereocenters. The van der Waals surface area contributed by atoms with E-state index in [1.807, 2.05) is 0 Å². The third-order valence-corrected chi connectivity index (χ3v) is 6.58. The maximum absolute atomic E-state index is 5.65. The fourth-order valence-electron chi connectivity index (χ4n) is 4.43. The molecular formula is C29H53N. The van der Waals surface area contributed by atoms with Crippen molar-refractivity contribution in [1.82, 2.24) is 0 Å². The molecule has 0 bridgehead atoms. The molecule has 0 aliphatic heterocycles. The first-order valence-corrected chi connectivity index (χ1v) is 13.6. The first kappa shape index (κ1) is 27.2. The molecule has 1 rings (SSSR count). The van der Waals surface area contributed by atoms with Crippen molar-refractivity contribution in [2.45, 2.75) is 148 Å². The minimum absolute atomic E-state index is 0.652. The van der Waals surface area contributed by atoms with Gasteiger partial charge in [-0.25, -0.2) is 0 Å². The first-order valence-electron chi connectivity index (χ1n) is 13.6. The van der Waals surface area contributed by atoms with Crippen LogP contribution in [0.1, 0.15) is 146 Å². The Bertz CT molecular complexity index is 450. The minimum atomic E-state index is 0.652. The molecule has 0 unspecified atom stereocenters. The molecule has 0 radical (unpaired) electrons. The number of nitrogens with two attached hydrogens (primary N) is 1. The van der Waals surface area contributed by atoms with Crippen LogP contribution in [0.3, 0.4) is 0 Å². The van der Waals surface area contributed by atoms with E-state index in [4.69, 9.17) is 5.73 Å². The molecule has 1 nitrogen and oxygen atoms in total. The SMILES string of the molecule is CCCCCCCCCCCCCCCCCCCCCCc1ccc(CN)cc1. The van der Waals surface area contributed by atoms with E-state index < -0.39 is 0 Å². The van der Waals surface area contributed by atoms with Gasteiger partial charge in [-0.2, -0.15) is 0 Å². The van der Waals surface area contributed by atoms with Gasteiger partial charge in [-0.3, -0.25) is 0 Å². The highest BCUT2D eigenvalue weighted by atomic mass is 14.5. The Labute approximate surface area is 189 Å².